The maximum atomic E-state index is 5.32. The van der Waals surface area contributed by atoms with Gasteiger partial charge in [0.05, 0.1) is 0 Å². The number of guanidine groups is 1. The normalized spacial score (nSPS) is 12.6. The highest BCUT2D eigenvalue weighted by Gasteiger charge is 1.97. The van der Waals surface area contributed by atoms with Crippen LogP contribution in [0.1, 0.15) is 13.3 Å². The molecule has 0 rings (SSSR count). The Balaban J connectivity index is 3.38. The summed E-state index contributed by atoms with van der Waals surface area (Å²) in [5.41, 5.74) is 15.6. The molecular formula is C6H16N4. The van der Waals surface area contributed by atoms with Gasteiger partial charge in [0, 0.05) is 6.54 Å². The molecule has 0 aliphatic heterocycles. The fourth-order valence-electron chi connectivity index (χ4n) is 0.637. The molecule has 1 atom stereocenters. The van der Waals surface area contributed by atoms with E-state index in [9.17, 15) is 0 Å². The van der Waals surface area contributed by atoms with E-state index in [-0.39, 0.29) is 5.96 Å². The van der Waals surface area contributed by atoms with Crippen LogP contribution in [0.5, 0.6) is 0 Å². The molecule has 60 valence electrons. The zero-order chi connectivity index (χ0) is 7.98. The molecule has 0 saturated carbocycles. The third-order valence-electron chi connectivity index (χ3n) is 1.25. The average molecular weight is 144 g/mol. The molecule has 6 N–H and O–H groups in total. The molecule has 0 amide bonds. The molecule has 0 aromatic heterocycles. The van der Waals surface area contributed by atoms with E-state index in [1.165, 1.54) is 0 Å². The highest BCUT2D eigenvalue weighted by atomic mass is 15.0. The second kappa shape index (κ2) is 5.05. The molecule has 4 nitrogen and oxygen atoms in total. The summed E-state index contributed by atoms with van der Waals surface area (Å²) in [5, 5.41) is 0. The van der Waals surface area contributed by atoms with Crippen LogP contribution in [0.15, 0.2) is 4.99 Å². The largest absolute Gasteiger partial charge is 0.370 e. The van der Waals surface area contributed by atoms with Crippen LogP contribution in [0.2, 0.25) is 0 Å². The summed E-state index contributed by atoms with van der Waals surface area (Å²) < 4.78 is 0. The van der Waals surface area contributed by atoms with Gasteiger partial charge in [-0.15, -0.1) is 0 Å². The third-order valence-corrected chi connectivity index (χ3v) is 1.25. The standard InChI is InChI=1S/C6H16N4/c1-5(2-3-7)4-10-6(8)9/h5H,2-4,7H2,1H3,(H4,8,9,10). The van der Waals surface area contributed by atoms with Gasteiger partial charge in [-0.3, -0.25) is 4.99 Å². The number of aliphatic imine (C=N–C) groups is 1. The van der Waals surface area contributed by atoms with Gasteiger partial charge in [-0.2, -0.15) is 0 Å². The number of nitrogens with zero attached hydrogens (tertiary/aromatic N) is 1. The minimum absolute atomic E-state index is 0.156. The van der Waals surface area contributed by atoms with Crippen molar-refractivity contribution in [2.75, 3.05) is 13.1 Å². The molecule has 0 spiro atoms. The Hall–Kier alpha value is -0.770. The van der Waals surface area contributed by atoms with Gasteiger partial charge in [0.2, 0.25) is 0 Å². The van der Waals surface area contributed by atoms with Gasteiger partial charge < -0.3 is 17.2 Å². The zero-order valence-electron chi connectivity index (χ0n) is 6.38. The highest BCUT2D eigenvalue weighted by molar-refractivity contribution is 5.75. The summed E-state index contributed by atoms with van der Waals surface area (Å²) in [6.07, 6.45) is 0.969. The first-order valence-corrected chi connectivity index (χ1v) is 3.42. The lowest BCUT2D eigenvalue weighted by Gasteiger charge is -2.04. The van der Waals surface area contributed by atoms with Crippen LogP contribution in [0, 0.1) is 5.92 Å². The molecule has 0 heterocycles. The van der Waals surface area contributed by atoms with E-state index in [1.807, 2.05) is 0 Å². The summed E-state index contributed by atoms with van der Waals surface area (Å²) in [6, 6.07) is 0. The molecule has 4 heteroatoms. The van der Waals surface area contributed by atoms with Gasteiger partial charge in [-0.05, 0) is 18.9 Å². The summed E-state index contributed by atoms with van der Waals surface area (Å²) in [7, 11) is 0. The Morgan fingerprint density at radius 1 is 1.50 bits per heavy atom. The van der Waals surface area contributed by atoms with Crippen LogP contribution < -0.4 is 17.2 Å². The summed E-state index contributed by atoms with van der Waals surface area (Å²) >= 11 is 0. The summed E-state index contributed by atoms with van der Waals surface area (Å²) in [4.78, 5) is 3.86. The lowest BCUT2D eigenvalue weighted by molar-refractivity contribution is 0.553. The number of nitrogens with two attached hydrogens (primary N) is 3. The highest BCUT2D eigenvalue weighted by Crippen LogP contribution is 1.98. The van der Waals surface area contributed by atoms with E-state index in [1.54, 1.807) is 0 Å². The van der Waals surface area contributed by atoms with Crippen LogP contribution in [-0.4, -0.2) is 19.0 Å². The van der Waals surface area contributed by atoms with Gasteiger partial charge >= 0.3 is 0 Å². The summed E-state index contributed by atoms with van der Waals surface area (Å²) in [6.45, 7) is 3.44. The predicted molar refractivity (Wildman–Crippen MR) is 43.5 cm³/mol. The fraction of sp³-hybridized carbons (Fsp3) is 0.833. The van der Waals surface area contributed by atoms with Crippen LogP contribution in [0.4, 0.5) is 0 Å². The predicted octanol–water partition coefficient (Wildman–Crippen LogP) is -0.755. The maximum Gasteiger partial charge on any atom is 0.185 e. The molecule has 0 aromatic carbocycles. The number of hydrogen-bond donors (Lipinski definition) is 3. The maximum absolute atomic E-state index is 5.32. The minimum atomic E-state index is 0.156. The van der Waals surface area contributed by atoms with E-state index in [0.29, 0.717) is 19.0 Å². The Morgan fingerprint density at radius 3 is 2.50 bits per heavy atom. The monoisotopic (exact) mass is 144 g/mol. The summed E-state index contributed by atoms with van der Waals surface area (Å²) in [5.74, 6) is 0.635. The van der Waals surface area contributed by atoms with E-state index < -0.39 is 0 Å². The molecular weight excluding hydrogens is 128 g/mol. The van der Waals surface area contributed by atoms with Crippen molar-refractivity contribution < 1.29 is 0 Å². The van der Waals surface area contributed by atoms with E-state index in [0.717, 1.165) is 6.42 Å². The number of hydrogen-bond acceptors (Lipinski definition) is 2. The molecule has 0 radical (unpaired) electrons. The van der Waals surface area contributed by atoms with Crippen molar-refractivity contribution in [1.29, 1.82) is 0 Å². The van der Waals surface area contributed by atoms with Crippen LogP contribution in [-0.2, 0) is 0 Å². The SMILES string of the molecule is CC(CCN)CN=C(N)N. The molecule has 0 aliphatic carbocycles. The van der Waals surface area contributed by atoms with Crippen molar-refractivity contribution in [2.24, 2.45) is 28.1 Å². The fourth-order valence-corrected chi connectivity index (χ4v) is 0.637. The molecule has 0 bridgehead atoms. The van der Waals surface area contributed by atoms with E-state index in [4.69, 9.17) is 17.2 Å². The Bertz CT molecular complexity index is 106. The molecule has 0 saturated heterocycles. The minimum Gasteiger partial charge on any atom is -0.370 e. The quantitative estimate of drug-likeness (QED) is 0.358. The van der Waals surface area contributed by atoms with Crippen molar-refractivity contribution in [3.8, 4) is 0 Å². The van der Waals surface area contributed by atoms with Crippen molar-refractivity contribution in [3.05, 3.63) is 0 Å². The molecule has 0 aliphatic rings. The second-order valence-electron chi connectivity index (χ2n) is 2.45. The Morgan fingerprint density at radius 2 is 2.10 bits per heavy atom. The van der Waals surface area contributed by atoms with Crippen LogP contribution in [0.25, 0.3) is 0 Å². The van der Waals surface area contributed by atoms with Gasteiger partial charge in [0.25, 0.3) is 0 Å². The van der Waals surface area contributed by atoms with Crippen molar-refractivity contribution in [2.45, 2.75) is 13.3 Å². The van der Waals surface area contributed by atoms with E-state index in [2.05, 4.69) is 11.9 Å². The number of rotatable bonds is 4. The van der Waals surface area contributed by atoms with Gasteiger partial charge in [0.15, 0.2) is 5.96 Å². The lowest BCUT2D eigenvalue weighted by Crippen LogP contribution is -2.24. The second-order valence-corrected chi connectivity index (χ2v) is 2.45. The molecule has 0 fully saturated rings. The van der Waals surface area contributed by atoms with E-state index >= 15 is 0 Å². The first-order chi connectivity index (χ1) is 4.66. The lowest BCUT2D eigenvalue weighted by atomic mass is 10.1. The topological polar surface area (TPSA) is 90.4 Å². The zero-order valence-corrected chi connectivity index (χ0v) is 6.38. The Labute approximate surface area is 61.5 Å². The molecule has 1 unspecified atom stereocenters. The Kier molecular flexibility index (Phi) is 4.66. The smallest absolute Gasteiger partial charge is 0.185 e. The first-order valence-electron chi connectivity index (χ1n) is 3.42. The van der Waals surface area contributed by atoms with Crippen LogP contribution >= 0.6 is 0 Å². The van der Waals surface area contributed by atoms with Gasteiger partial charge in [-0.1, -0.05) is 6.92 Å². The first kappa shape index (κ1) is 9.23. The molecule has 10 heavy (non-hydrogen) atoms. The van der Waals surface area contributed by atoms with Crippen molar-refractivity contribution in [1.82, 2.24) is 0 Å². The van der Waals surface area contributed by atoms with Crippen LogP contribution in [0.3, 0.4) is 0 Å². The molecule has 0 aromatic rings. The van der Waals surface area contributed by atoms with Crippen molar-refractivity contribution in [3.63, 3.8) is 0 Å². The third kappa shape index (κ3) is 5.37. The van der Waals surface area contributed by atoms with Gasteiger partial charge in [0.1, 0.15) is 0 Å². The van der Waals surface area contributed by atoms with Gasteiger partial charge in [-0.25, -0.2) is 0 Å². The van der Waals surface area contributed by atoms with Crippen molar-refractivity contribution >= 4 is 5.96 Å². The average Bonchev–Trinajstić information content (AvgIpc) is 1.85.